The number of hydrogen-bond acceptors (Lipinski definition) is 4. The third kappa shape index (κ3) is 3.68. The molecule has 0 atom stereocenters. The van der Waals surface area contributed by atoms with Crippen molar-refractivity contribution in [2.24, 2.45) is 5.10 Å². The molecule has 1 aromatic carbocycles. The van der Waals surface area contributed by atoms with E-state index in [0.29, 0.717) is 12.6 Å². The van der Waals surface area contributed by atoms with Crippen molar-refractivity contribution in [2.45, 2.75) is 33.5 Å². The summed E-state index contributed by atoms with van der Waals surface area (Å²) in [5.74, 6) is 0.384. The monoisotopic (exact) mass is 272 g/mol. The van der Waals surface area contributed by atoms with Gasteiger partial charge in [-0.25, -0.2) is 9.66 Å². The number of ether oxygens (including phenoxy) is 1. The van der Waals surface area contributed by atoms with Gasteiger partial charge in [-0.3, -0.25) is 0 Å². The molecule has 0 bridgehead atoms. The summed E-state index contributed by atoms with van der Waals surface area (Å²) in [6.07, 6.45) is 3.77. The van der Waals surface area contributed by atoms with Crippen molar-refractivity contribution in [1.29, 1.82) is 0 Å². The van der Waals surface area contributed by atoms with Gasteiger partial charge >= 0.3 is 0 Å². The fourth-order valence-electron chi connectivity index (χ4n) is 1.77. The quantitative estimate of drug-likeness (QED) is 0.851. The lowest BCUT2D eigenvalue weighted by Crippen LogP contribution is -2.04. The molecule has 0 aliphatic carbocycles. The van der Waals surface area contributed by atoms with E-state index in [4.69, 9.17) is 10.5 Å². The van der Waals surface area contributed by atoms with Gasteiger partial charge in [0.1, 0.15) is 0 Å². The molecule has 0 saturated heterocycles. The number of benzene rings is 1. The summed E-state index contributed by atoms with van der Waals surface area (Å²) in [7, 11) is 0. The fourth-order valence-corrected chi connectivity index (χ4v) is 1.77. The third-order valence-electron chi connectivity index (χ3n) is 2.78. The second-order valence-corrected chi connectivity index (χ2v) is 4.89. The summed E-state index contributed by atoms with van der Waals surface area (Å²) in [4.78, 5) is 4.11. The van der Waals surface area contributed by atoms with E-state index >= 15 is 0 Å². The van der Waals surface area contributed by atoms with Crippen LogP contribution in [0.1, 0.15) is 30.7 Å². The number of aryl methyl sites for hydroxylation is 1. The Balaban J connectivity index is 2.18. The van der Waals surface area contributed by atoms with Crippen LogP contribution < -0.4 is 5.73 Å². The fraction of sp³-hybridized carbons (Fsp3) is 0.333. The summed E-state index contributed by atoms with van der Waals surface area (Å²) >= 11 is 0. The van der Waals surface area contributed by atoms with Gasteiger partial charge in [0.2, 0.25) is 5.95 Å². The molecule has 0 aliphatic heterocycles. The van der Waals surface area contributed by atoms with Crippen molar-refractivity contribution in [3.63, 3.8) is 0 Å². The number of hydrogen-bond donors (Lipinski definition) is 1. The van der Waals surface area contributed by atoms with E-state index in [2.05, 4.69) is 10.1 Å². The Morgan fingerprint density at radius 3 is 2.80 bits per heavy atom. The maximum atomic E-state index is 5.76. The highest BCUT2D eigenvalue weighted by Gasteiger charge is 2.02. The molecular weight excluding hydrogens is 252 g/mol. The molecule has 0 aliphatic rings. The van der Waals surface area contributed by atoms with E-state index < -0.39 is 0 Å². The van der Waals surface area contributed by atoms with Crippen molar-refractivity contribution < 1.29 is 4.74 Å². The number of rotatable bonds is 5. The van der Waals surface area contributed by atoms with Crippen LogP contribution >= 0.6 is 0 Å². The summed E-state index contributed by atoms with van der Waals surface area (Å²) in [5, 5.41) is 4.33. The van der Waals surface area contributed by atoms with Gasteiger partial charge in [0.05, 0.1) is 30.8 Å². The number of nitrogens with two attached hydrogens (primary N) is 1. The van der Waals surface area contributed by atoms with Crippen molar-refractivity contribution in [1.82, 2.24) is 9.66 Å². The Bertz CT molecular complexity index is 602. The molecule has 2 N–H and O–H groups in total. The maximum Gasteiger partial charge on any atom is 0.221 e. The van der Waals surface area contributed by atoms with Crippen LogP contribution in [0.5, 0.6) is 0 Å². The lowest BCUT2D eigenvalue weighted by molar-refractivity contribution is 0.0656. The van der Waals surface area contributed by atoms with Crippen LogP contribution in [-0.2, 0) is 11.3 Å². The standard InChI is InChI=1S/C15H20N4O/c1-11(2)20-10-14-7-5-4-6-13(14)8-17-19-9-12(3)18-15(19)16/h4-9,11H,10H2,1-3H3,(H2,16,18). The number of anilines is 1. The van der Waals surface area contributed by atoms with Crippen molar-refractivity contribution in [3.8, 4) is 0 Å². The number of nitrogen functional groups attached to an aromatic ring is 1. The van der Waals surface area contributed by atoms with E-state index in [-0.39, 0.29) is 6.10 Å². The molecule has 0 fully saturated rings. The summed E-state index contributed by atoms with van der Waals surface area (Å²) < 4.78 is 7.21. The molecule has 0 unspecified atom stereocenters. The average Bonchev–Trinajstić information content (AvgIpc) is 2.73. The summed E-state index contributed by atoms with van der Waals surface area (Å²) in [6, 6.07) is 8.00. The van der Waals surface area contributed by atoms with Crippen LogP contribution in [0, 0.1) is 6.92 Å². The predicted molar refractivity (Wildman–Crippen MR) is 80.7 cm³/mol. The number of imidazole rings is 1. The van der Waals surface area contributed by atoms with E-state index in [1.807, 2.05) is 45.0 Å². The van der Waals surface area contributed by atoms with Gasteiger partial charge in [-0.15, -0.1) is 0 Å². The maximum absolute atomic E-state index is 5.76. The Labute approximate surface area is 119 Å². The zero-order chi connectivity index (χ0) is 14.5. The first-order valence-corrected chi connectivity index (χ1v) is 6.61. The van der Waals surface area contributed by atoms with Crippen LogP contribution in [0.2, 0.25) is 0 Å². The van der Waals surface area contributed by atoms with Crippen LogP contribution in [0.25, 0.3) is 0 Å². The zero-order valence-corrected chi connectivity index (χ0v) is 12.1. The largest absolute Gasteiger partial charge is 0.374 e. The highest BCUT2D eigenvalue weighted by Crippen LogP contribution is 2.10. The first-order valence-electron chi connectivity index (χ1n) is 6.61. The molecule has 2 aromatic rings. The molecule has 0 spiro atoms. The first kappa shape index (κ1) is 14.3. The van der Waals surface area contributed by atoms with Crippen LogP contribution in [0.15, 0.2) is 35.6 Å². The lowest BCUT2D eigenvalue weighted by Gasteiger charge is -2.09. The molecule has 20 heavy (non-hydrogen) atoms. The molecule has 106 valence electrons. The van der Waals surface area contributed by atoms with Crippen LogP contribution in [0.4, 0.5) is 5.95 Å². The van der Waals surface area contributed by atoms with Crippen LogP contribution in [0.3, 0.4) is 0 Å². The summed E-state index contributed by atoms with van der Waals surface area (Å²) in [5.41, 5.74) is 8.71. The molecule has 0 radical (unpaired) electrons. The topological polar surface area (TPSA) is 65.4 Å². The first-order chi connectivity index (χ1) is 9.56. The van der Waals surface area contributed by atoms with Crippen molar-refractivity contribution in [2.75, 3.05) is 5.73 Å². The van der Waals surface area contributed by atoms with Gasteiger partial charge in [0.25, 0.3) is 0 Å². The van der Waals surface area contributed by atoms with Gasteiger partial charge in [0, 0.05) is 5.56 Å². The Hall–Kier alpha value is -2.14. The van der Waals surface area contributed by atoms with Crippen LogP contribution in [-0.4, -0.2) is 22.0 Å². The average molecular weight is 272 g/mol. The molecule has 1 heterocycles. The van der Waals surface area contributed by atoms with Gasteiger partial charge in [0.15, 0.2) is 0 Å². The van der Waals surface area contributed by atoms with E-state index in [1.165, 1.54) is 0 Å². The number of nitrogens with zero attached hydrogens (tertiary/aromatic N) is 3. The smallest absolute Gasteiger partial charge is 0.221 e. The molecule has 5 heteroatoms. The van der Waals surface area contributed by atoms with Gasteiger partial charge < -0.3 is 10.5 Å². The Kier molecular flexibility index (Phi) is 4.53. The lowest BCUT2D eigenvalue weighted by atomic mass is 10.1. The van der Waals surface area contributed by atoms with E-state index in [0.717, 1.165) is 16.8 Å². The minimum absolute atomic E-state index is 0.201. The highest BCUT2D eigenvalue weighted by atomic mass is 16.5. The summed E-state index contributed by atoms with van der Waals surface area (Å²) in [6.45, 7) is 6.49. The van der Waals surface area contributed by atoms with Gasteiger partial charge in [-0.2, -0.15) is 5.10 Å². The van der Waals surface area contributed by atoms with Gasteiger partial charge in [-0.1, -0.05) is 24.3 Å². The van der Waals surface area contributed by atoms with Gasteiger partial charge in [-0.05, 0) is 26.3 Å². The zero-order valence-electron chi connectivity index (χ0n) is 12.1. The SMILES string of the molecule is Cc1cn(N=Cc2ccccc2COC(C)C)c(N)n1. The Morgan fingerprint density at radius 1 is 1.40 bits per heavy atom. The molecule has 0 amide bonds. The molecule has 0 saturated carbocycles. The molecular formula is C15H20N4O. The highest BCUT2D eigenvalue weighted by molar-refractivity contribution is 5.81. The van der Waals surface area contributed by atoms with Crippen molar-refractivity contribution >= 4 is 12.2 Å². The molecule has 5 nitrogen and oxygen atoms in total. The Morgan fingerprint density at radius 2 is 2.15 bits per heavy atom. The second-order valence-electron chi connectivity index (χ2n) is 4.89. The van der Waals surface area contributed by atoms with Crippen molar-refractivity contribution in [3.05, 3.63) is 47.3 Å². The third-order valence-corrected chi connectivity index (χ3v) is 2.78. The van der Waals surface area contributed by atoms with E-state index in [9.17, 15) is 0 Å². The number of aromatic nitrogens is 2. The normalized spacial score (nSPS) is 11.6. The van der Waals surface area contributed by atoms with E-state index in [1.54, 1.807) is 17.1 Å². The predicted octanol–water partition coefficient (Wildman–Crippen LogP) is 2.58. The minimum atomic E-state index is 0.201. The molecule has 2 rings (SSSR count). The minimum Gasteiger partial charge on any atom is -0.374 e. The molecule has 1 aromatic heterocycles. The second kappa shape index (κ2) is 6.34.